The summed E-state index contributed by atoms with van der Waals surface area (Å²) in [6, 6.07) is 10.5. The molecule has 0 saturated heterocycles. The van der Waals surface area contributed by atoms with Gasteiger partial charge in [0.15, 0.2) is 11.7 Å². The first-order valence-corrected chi connectivity index (χ1v) is 7.00. The van der Waals surface area contributed by atoms with Crippen molar-refractivity contribution in [3.63, 3.8) is 0 Å². The van der Waals surface area contributed by atoms with Crippen molar-refractivity contribution in [2.45, 2.75) is 26.7 Å². The molecule has 0 aliphatic carbocycles. The third-order valence-corrected chi connectivity index (χ3v) is 3.50. The molecule has 2 rings (SSSR count). The number of rotatable bonds is 4. The van der Waals surface area contributed by atoms with Gasteiger partial charge in [0.1, 0.15) is 5.82 Å². The molecule has 2 aromatic carbocycles. The summed E-state index contributed by atoms with van der Waals surface area (Å²) >= 11 is 0. The molecule has 0 radical (unpaired) electrons. The first-order chi connectivity index (χ1) is 10.1. The molecule has 0 nitrogen and oxygen atoms in total. The highest BCUT2D eigenvalue weighted by atomic mass is 19.2. The fourth-order valence-corrected chi connectivity index (χ4v) is 2.11. The molecule has 0 N–H and O–H groups in total. The molecule has 0 heterocycles. The monoisotopic (exact) mass is 290 g/mol. The third-order valence-electron chi connectivity index (χ3n) is 3.50. The van der Waals surface area contributed by atoms with Crippen LogP contribution in [0, 0.1) is 5.82 Å². The van der Waals surface area contributed by atoms with Crippen LogP contribution in [0.2, 0.25) is 0 Å². The molecule has 2 aromatic rings. The molecule has 0 bridgehead atoms. The van der Waals surface area contributed by atoms with E-state index >= 15 is 0 Å². The van der Waals surface area contributed by atoms with Gasteiger partial charge in [-0.15, -0.1) is 0 Å². The first kappa shape index (κ1) is 15.4. The Morgan fingerprint density at radius 3 is 1.90 bits per heavy atom. The average molecular weight is 290 g/mol. The van der Waals surface area contributed by atoms with E-state index in [-0.39, 0.29) is 11.1 Å². The van der Waals surface area contributed by atoms with E-state index in [0.717, 1.165) is 18.1 Å². The van der Waals surface area contributed by atoms with E-state index in [1.54, 1.807) is 19.1 Å². The zero-order valence-electron chi connectivity index (χ0n) is 12.1. The van der Waals surface area contributed by atoms with Crippen molar-refractivity contribution < 1.29 is 13.2 Å². The van der Waals surface area contributed by atoms with Crippen molar-refractivity contribution in [3.8, 4) is 0 Å². The Morgan fingerprint density at radius 2 is 1.38 bits per heavy atom. The fourth-order valence-electron chi connectivity index (χ4n) is 2.11. The number of hydrogen-bond acceptors (Lipinski definition) is 0. The van der Waals surface area contributed by atoms with Crippen LogP contribution in [0.25, 0.3) is 11.7 Å². The van der Waals surface area contributed by atoms with Crippen molar-refractivity contribution >= 4 is 11.7 Å². The van der Waals surface area contributed by atoms with Crippen LogP contribution in [0.3, 0.4) is 0 Å². The zero-order chi connectivity index (χ0) is 15.4. The number of benzene rings is 2. The molecule has 0 fully saturated rings. The minimum atomic E-state index is -1.04. The summed E-state index contributed by atoms with van der Waals surface area (Å²) in [7, 11) is 0. The van der Waals surface area contributed by atoms with Gasteiger partial charge in [0, 0.05) is 11.1 Å². The van der Waals surface area contributed by atoms with Gasteiger partial charge < -0.3 is 0 Å². The second kappa shape index (κ2) is 6.61. The second-order valence-electron chi connectivity index (χ2n) is 4.84. The lowest BCUT2D eigenvalue weighted by Crippen LogP contribution is -1.91. The minimum Gasteiger partial charge on any atom is -0.207 e. The Kier molecular flexibility index (Phi) is 4.84. The maximum atomic E-state index is 14.2. The maximum Gasteiger partial charge on any atom is 0.166 e. The van der Waals surface area contributed by atoms with Gasteiger partial charge in [-0.2, -0.15) is 0 Å². The number of halogens is 3. The van der Waals surface area contributed by atoms with Gasteiger partial charge in [0.25, 0.3) is 0 Å². The van der Waals surface area contributed by atoms with E-state index in [9.17, 15) is 13.2 Å². The lowest BCUT2D eigenvalue weighted by Gasteiger charge is -2.05. The second-order valence-corrected chi connectivity index (χ2v) is 4.84. The third kappa shape index (κ3) is 3.35. The van der Waals surface area contributed by atoms with Crippen LogP contribution >= 0.6 is 0 Å². The molecular weight excluding hydrogens is 273 g/mol. The molecule has 0 aromatic heterocycles. The largest absolute Gasteiger partial charge is 0.207 e. The quantitative estimate of drug-likeness (QED) is 0.632. The Morgan fingerprint density at radius 1 is 0.810 bits per heavy atom. The molecule has 110 valence electrons. The molecular formula is C18H17F3. The van der Waals surface area contributed by atoms with E-state index in [1.165, 1.54) is 24.3 Å². The van der Waals surface area contributed by atoms with Crippen LogP contribution in [0.15, 0.2) is 42.5 Å². The summed E-state index contributed by atoms with van der Waals surface area (Å²) in [4.78, 5) is 0. The summed E-state index contributed by atoms with van der Waals surface area (Å²) in [5.41, 5.74) is 1.61. The van der Waals surface area contributed by atoms with E-state index in [4.69, 9.17) is 0 Å². The van der Waals surface area contributed by atoms with Gasteiger partial charge in [0.2, 0.25) is 0 Å². The molecule has 0 saturated carbocycles. The lowest BCUT2D eigenvalue weighted by atomic mass is 10.0. The van der Waals surface area contributed by atoms with Gasteiger partial charge in [-0.1, -0.05) is 50.2 Å². The summed E-state index contributed by atoms with van der Waals surface area (Å²) in [5.74, 6) is -2.53. The molecule has 0 amide bonds. The maximum absolute atomic E-state index is 14.2. The predicted octanol–water partition coefficient (Wildman–Crippen LogP) is 5.72. The van der Waals surface area contributed by atoms with Crippen LogP contribution in [0.1, 0.15) is 36.1 Å². The van der Waals surface area contributed by atoms with Crippen molar-refractivity contribution in [1.82, 2.24) is 0 Å². The molecule has 0 aliphatic heterocycles. The molecule has 0 spiro atoms. The summed E-state index contributed by atoms with van der Waals surface area (Å²) in [6.45, 7) is 3.79. The van der Waals surface area contributed by atoms with Crippen LogP contribution < -0.4 is 0 Å². The minimum absolute atomic E-state index is 0.0817. The van der Waals surface area contributed by atoms with Crippen LogP contribution in [0.4, 0.5) is 13.2 Å². The summed E-state index contributed by atoms with van der Waals surface area (Å²) in [6.07, 6.45) is 1.34. The van der Waals surface area contributed by atoms with Gasteiger partial charge in [0.05, 0.1) is 0 Å². The molecule has 21 heavy (non-hydrogen) atoms. The van der Waals surface area contributed by atoms with Gasteiger partial charge in [-0.3, -0.25) is 0 Å². The molecule has 0 atom stereocenters. The molecule has 0 unspecified atom stereocenters. The van der Waals surface area contributed by atoms with Gasteiger partial charge in [-0.05, 0) is 30.0 Å². The Hall–Kier alpha value is -2.03. The van der Waals surface area contributed by atoms with E-state index in [2.05, 4.69) is 0 Å². The zero-order valence-corrected chi connectivity index (χ0v) is 12.1. The van der Waals surface area contributed by atoms with Crippen LogP contribution in [0.5, 0.6) is 0 Å². The van der Waals surface area contributed by atoms with Gasteiger partial charge >= 0.3 is 0 Å². The average Bonchev–Trinajstić information content (AvgIpc) is 2.53. The Bertz CT molecular complexity index is 655. The highest BCUT2D eigenvalue weighted by Gasteiger charge is 2.13. The highest BCUT2D eigenvalue weighted by Crippen LogP contribution is 2.29. The standard InChI is InChI=1S/C18H17F3/c1-3-12-5-7-14(8-6-12)17(20)18(21)15-10-9-13(4-2)16(19)11-15/h5-11H,3-4H2,1-2H3/b18-17+. The number of hydrogen-bond donors (Lipinski definition) is 0. The lowest BCUT2D eigenvalue weighted by molar-refractivity contribution is 0.610. The SMILES string of the molecule is CCc1ccc(/C(F)=C(\F)c2ccc(CC)c(F)c2)cc1. The molecule has 3 heteroatoms. The topological polar surface area (TPSA) is 0 Å². The van der Waals surface area contributed by atoms with E-state index in [1.807, 2.05) is 6.92 Å². The summed E-state index contributed by atoms with van der Waals surface area (Å²) in [5, 5.41) is 0. The normalized spacial score (nSPS) is 12.2. The van der Waals surface area contributed by atoms with Crippen molar-refractivity contribution in [2.75, 3.05) is 0 Å². The number of aryl methyl sites for hydroxylation is 2. The highest BCUT2D eigenvalue weighted by molar-refractivity contribution is 5.83. The van der Waals surface area contributed by atoms with Crippen molar-refractivity contribution in [2.24, 2.45) is 0 Å². The Balaban J connectivity index is 2.38. The van der Waals surface area contributed by atoms with Gasteiger partial charge in [-0.25, -0.2) is 13.2 Å². The fraction of sp³-hybridized carbons (Fsp3) is 0.222. The predicted molar refractivity (Wildman–Crippen MR) is 80.6 cm³/mol. The van der Waals surface area contributed by atoms with E-state index in [0.29, 0.717) is 12.0 Å². The van der Waals surface area contributed by atoms with E-state index < -0.39 is 17.5 Å². The Labute approximate surface area is 122 Å². The first-order valence-electron chi connectivity index (χ1n) is 7.00. The summed E-state index contributed by atoms with van der Waals surface area (Å²) < 4.78 is 42.0. The van der Waals surface area contributed by atoms with Crippen molar-refractivity contribution in [1.29, 1.82) is 0 Å². The van der Waals surface area contributed by atoms with Crippen LogP contribution in [-0.4, -0.2) is 0 Å². The molecule has 0 aliphatic rings. The smallest absolute Gasteiger partial charge is 0.166 e. The van der Waals surface area contributed by atoms with Crippen LogP contribution in [-0.2, 0) is 12.8 Å². The van der Waals surface area contributed by atoms with Crippen molar-refractivity contribution in [3.05, 3.63) is 70.5 Å².